The van der Waals surface area contributed by atoms with Gasteiger partial charge >= 0.3 is 0 Å². The maximum atomic E-state index is 12.0. The fraction of sp³-hybridized carbons (Fsp3) is 0.0769. The number of hydrogen-bond acceptors (Lipinski definition) is 3. The molecule has 0 saturated carbocycles. The zero-order chi connectivity index (χ0) is 13.0. The second-order valence-corrected chi connectivity index (χ2v) is 4.47. The fourth-order valence-corrected chi connectivity index (χ4v) is 1.85. The maximum Gasteiger partial charge on any atom is 0.255 e. The summed E-state index contributed by atoms with van der Waals surface area (Å²) in [6.07, 6.45) is 1.60. The Morgan fingerprint density at radius 2 is 2.06 bits per heavy atom. The third-order valence-corrected chi connectivity index (χ3v) is 3.09. The van der Waals surface area contributed by atoms with Crippen molar-refractivity contribution in [2.75, 3.05) is 17.7 Å². The van der Waals surface area contributed by atoms with Crippen molar-refractivity contribution < 1.29 is 4.79 Å². The minimum absolute atomic E-state index is 0.166. The van der Waals surface area contributed by atoms with Gasteiger partial charge in [-0.3, -0.25) is 4.79 Å². The highest BCUT2D eigenvalue weighted by atomic mass is 79.9. The zero-order valence-electron chi connectivity index (χ0n) is 9.77. The summed E-state index contributed by atoms with van der Waals surface area (Å²) < 4.78 is 0.848. The third kappa shape index (κ3) is 2.87. The molecule has 0 unspecified atom stereocenters. The number of halogens is 1. The van der Waals surface area contributed by atoms with Crippen molar-refractivity contribution in [2.45, 2.75) is 0 Å². The van der Waals surface area contributed by atoms with Gasteiger partial charge in [-0.15, -0.1) is 0 Å². The number of rotatable bonds is 3. The molecule has 4 nitrogen and oxygen atoms in total. The predicted octanol–water partition coefficient (Wildman–Crippen LogP) is 3.14. The molecule has 0 aliphatic heterocycles. The molecule has 1 heterocycles. The van der Waals surface area contributed by atoms with Crippen LogP contribution in [0, 0.1) is 0 Å². The number of para-hydroxylation sites is 1. The van der Waals surface area contributed by atoms with E-state index in [9.17, 15) is 4.79 Å². The number of nitrogens with one attached hydrogen (secondary N) is 2. The van der Waals surface area contributed by atoms with Gasteiger partial charge in [0.15, 0.2) is 0 Å². The van der Waals surface area contributed by atoms with Crippen molar-refractivity contribution in [2.24, 2.45) is 0 Å². The number of amides is 1. The lowest BCUT2D eigenvalue weighted by molar-refractivity contribution is 0.102. The molecule has 1 amide bonds. The number of benzene rings is 1. The summed E-state index contributed by atoms with van der Waals surface area (Å²) in [5.74, 6) is 0.496. The molecule has 0 atom stereocenters. The number of carbonyl (C=O) groups excluding carboxylic acids is 1. The highest BCUT2D eigenvalue weighted by Gasteiger charge is 2.08. The Morgan fingerprint density at radius 3 is 2.78 bits per heavy atom. The van der Waals surface area contributed by atoms with Crippen molar-refractivity contribution in [1.82, 2.24) is 4.98 Å². The molecule has 18 heavy (non-hydrogen) atoms. The Bertz CT molecular complexity index is 572. The van der Waals surface area contributed by atoms with Crippen LogP contribution in [0.15, 0.2) is 47.1 Å². The van der Waals surface area contributed by atoms with Crippen molar-refractivity contribution >= 4 is 33.3 Å². The second kappa shape index (κ2) is 5.64. The normalized spacial score (nSPS) is 9.89. The lowest BCUT2D eigenvalue weighted by Gasteiger charge is -2.07. The Kier molecular flexibility index (Phi) is 3.94. The van der Waals surface area contributed by atoms with Gasteiger partial charge in [-0.1, -0.05) is 12.1 Å². The van der Waals surface area contributed by atoms with Crippen LogP contribution in [0.2, 0.25) is 0 Å². The molecule has 5 heteroatoms. The first-order valence-corrected chi connectivity index (χ1v) is 6.19. The smallest absolute Gasteiger partial charge is 0.255 e. The minimum Gasteiger partial charge on any atom is -0.373 e. The van der Waals surface area contributed by atoms with Crippen molar-refractivity contribution in [3.8, 4) is 0 Å². The quantitative estimate of drug-likeness (QED) is 0.916. The van der Waals surface area contributed by atoms with Crippen LogP contribution in [0.4, 0.5) is 11.5 Å². The first-order chi connectivity index (χ1) is 8.70. The molecule has 1 aromatic carbocycles. The van der Waals surface area contributed by atoms with Gasteiger partial charge in [0, 0.05) is 23.3 Å². The third-order valence-electron chi connectivity index (χ3n) is 2.40. The van der Waals surface area contributed by atoms with Crippen molar-refractivity contribution in [3.63, 3.8) is 0 Å². The molecule has 2 rings (SSSR count). The van der Waals surface area contributed by atoms with E-state index in [1.165, 1.54) is 0 Å². The van der Waals surface area contributed by atoms with Gasteiger partial charge in [0.25, 0.3) is 5.91 Å². The van der Waals surface area contributed by atoms with Crippen LogP contribution in [-0.4, -0.2) is 17.9 Å². The van der Waals surface area contributed by atoms with E-state index in [0.717, 1.165) is 10.2 Å². The summed E-state index contributed by atoms with van der Waals surface area (Å²) >= 11 is 3.39. The summed E-state index contributed by atoms with van der Waals surface area (Å²) in [5.41, 5.74) is 1.30. The number of aromatic nitrogens is 1. The van der Waals surface area contributed by atoms with Gasteiger partial charge in [-0.2, -0.15) is 0 Å². The first-order valence-electron chi connectivity index (χ1n) is 5.40. The van der Waals surface area contributed by atoms with E-state index < -0.39 is 0 Å². The average Bonchev–Trinajstić information content (AvgIpc) is 2.41. The molecule has 2 N–H and O–H groups in total. The maximum absolute atomic E-state index is 12.0. The van der Waals surface area contributed by atoms with E-state index in [4.69, 9.17) is 0 Å². The van der Waals surface area contributed by atoms with E-state index >= 15 is 0 Å². The van der Waals surface area contributed by atoms with E-state index in [1.807, 2.05) is 24.3 Å². The molecule has 1 aromatic heterocycles. The molecule has 0 aliphatic carbocycles. The molecule has 0 bridgehead atoms. The predicted molar refractivity (Wildman–Crippen MR) is 75.9 cm³/mol. The average molecular weight is 306 g/mol. The van der Waals surface area contributed by atoms with Crippen molar-refractivity contribution in [1.29, 1.82) is 0 Å². The topological polar surface area (TPSA) is 54.0 Å². The Hall–Kier alpha value is -1.88. The zero-order valence-corrected chi connectivity index (χ0v) is 11.4. The standard InChI is InChI=1S/C13H12BrN3O/c1-15-12-8-9(6-7-16-12)13(18)17-11-5-3-2-4-10(11)14/h2-8H,1H3,(H,15,16)(H,17,18). The summed E-state index contributed by atoms with van der Waals surface area (Å²) in [5, 5.41) is 5.73. The van der Waals surface area contributed by atoms with Gasteiger partial charge in [0.05, 0.1) is 5.69 Å². The minimum atomic E-state index is -0.166. The van der Waals surface area contributed by atoms with Crippen LogP contribution in [0.25, 0.3) is 0 Å². The first kappa shape index (κ1) is 12.6. The van der Waals surface area contributed by atoms with Crippen LogP contribution in [0.1, 0.15) is 10.4 Å². The molecular formula is C13H12BrN3O. The van der Waals surface area contributed by atoms with E-state index in [0.29, 0.717) is 11.4 Å². The SMILES string of the molecule is CNc1cc(C(=O)Nc2ccccc2Br)ccn1. The van der Waals surface area contributed by atoms with Crippen LogP contribution in [-0.2, 0) is 0 Å². The van der Waals surface area contributed by atoms with Crippen LogP contribution < -0.4 is 10.6 Å². The Morgan fingerprint density at radius 1 is 1.28 bits per heavy atom. The van der Waals surface area contributed by atoms with Gasteiger partial charge in [0.1, 0.15) is 5.82 Å². The van der Waals surface area contributed by atoms with Gasteiger partial charge in [0.2, 0.25) is 0 Å². The summed E-state index contributed by atoms with van der Waals surface area (Å²) in [6.45, 7) is 0. The number of pyridine rings is 1. The van der Waals surface area contributed by atoms with Gasteiger partial charge < -0.3 is 10.6 Å². The van der Waals surface area contributed by atoms with Gasteiger partial charge in [-0.05, 0) is 40.2 Å². The second-order valence-electron chi connectivity index (χ2n) is 3.61. The molecule has 2 aromatic rings. The summed E-state index contributed by atoms with van der Waals surface area (Å²) in [4.78, 5) is 16.1. The number of hydrogen-bond donors (Lipinski definition) is 2. The van der Waals surface area contributed by atoms with Crippen LogP contribution in [0.5, 0.6) is 0 Å². The summed E-state index contributed by atoms with van der Waals surface area (Å²) in [7, 11) is 1.76. The van der Waals surface area contributed by atoms with E-state index in [2.05, 4.69) is 31.5 Å². The fourth-order valence-electron chi connectivity index (χ4n) is 1.47. The van der Waals surface area contributed by atoms with E-state index in [-0.39, 0.29) is 5.91 Å². The number of anilines is 2. The highest BCUT2D eigenvalue weighted by molar-refractivity contribution is 9.10. The molecular weight excluding hydrogens is 294 g/mol. The Balaban J connectivity index is 2.19. The molecule has 0 aliphatic rings. The summed E-state index contributed by atoms with van der Waals surface area (Å²) in [6, 6.07) is 10.8. The monoisotopic (exact) mass is 305 g/mol. The lowest BCUT2D eigenvalue weighted by Crippen LogP contribution is -2.12. The number of carbonyl (C=O) groups is 1. The molecule has 0 spiro atoms. The Labute approximate surface area is 114 Å². The molecule has 92 valence electrons. The number of nitrogens with zero attached hydrogens (tertiary/aromatic N) is 1. The van der Waals surface area contributed by atoms with Gasteiger partial charge in [-0.25, -0.2) is 4.98 Å². The highest BCUT2D eigenvalue weighted by Crippen LogP contribution is 2.22. The molecule has 0 fully saturated rings. The van der Waals surface area contributed by atoms with E-state index in [1.54, 1.807) is 25.4 Å². The van der Waals surface area contributed by atoms with Crippen molar-refractivity contribution in [3.05, 3.63) is 52.6 Å². The molecule has 0 saturated heterocycles. The van der Waals surface area contributed by atoms with Crippen LogP contribution in [0.3, 0.4) is 0 Å². The largest absolute Gasteiger partial charge is 0.373 e. The van der Waals surface area contributed by atoms with Crippen LogP contribution >= 0.6 is 15.9 Å². The molecule has 0 radical (unpaired) electrons. The lowest BCUT2D eigenvalue weighted by atomic mass is 10.2.